The van der Waals surface area contributed by atoms with Crippen LogP contribution in [0.15, 0.2) is 54.9 Å². The number of benzene rings is 1. The fourth-order valence-electron chi connectivity index (χ4n) is 2.17. The molecular weight excluding hydrogens is 262 g/mol. The number of ether oxygens (including phenoxy) is 1. The third-order valence-electron chi connectivity index (χ3n) is 3.41. The van der Waals surface area contributed by atoms with Crippen LogP contribution < -0.4 is 10.5 Å². The van der Waals surface area contributed by atoms with Crippen molar-refractivity contribution >= 4 is 10.9 Å². The molecule has 21 heavy (non-hydrogen) atoms. The Morgan fingerprint density at radius 2 is 2.00 bits per heavy atom. The van der Waals surface area contributed by atoms with Crippen molar-refractivity contribution < 1.29 is 4.74 Å². The molecule has 2 aromatic heterocycles. The first-order valence-corrected chi connectivity index (χ1v) is 7.01. The zero-order valence-corrected chi connectivity index (χ0v) is 11.9. The van der Waals surface area contributed by atoms with Gasteiger partial charge >= 0.3 is 0 Å². The van der Waals surface area contributed by atoms with Crippen molar-refractivity contribution in [3.8, 4) is 11.5 Å². The van der Waals surface area contributed by atoms with Crippen LogP contribution in [0.1, 0.15) is 25.1 Å². The highest BCUT2D eigenvalue weighted by atomic mass is 16.5. The van der Waals surface area contributed by atoms with Crippen molar-refractivity contribution in [1.29, 1.82) is 0 Å². The van der Waals surface area contributed by atoms with Crippen molar-refractivity contribution in [2.75, 3.05) is 0 Å². The molecule has 2 N–H and O–H groups in total. The minimum Gasteiger partial charge on any atom is -0.455 e. The van der Waals surface area contributed by atoms with E-state index in [2.05, 4.69) is 9.97 Å². The highest BCUT2D eigenvalue weighted by molar-refractivity contribution is 5.85. The van der Waals surface area contributed by atoms with E-state index in [1.54, 1.807) is 12.4 Å². The van der Waals surface area contributed by atoms with Gasteiger partial charge in [-0.15, -0.1) is 0 Å². The maximum absolute atomic E-state index is 5.96. The summed E-state index contributed by atoms with van der Waals surface area (Å²) < 4.78 is 5.92. The van der Waals surface area contributed by atoms with Gasteiger partial charge in [0.25, 0.3) is 0 Å². The lowest BCUT2D eigenvalue weighted by molar-refractivity contribution is 0.484. The number of aromatic nitrogens is 2. The van der Waals surface area contributed by atoms with Gasteiger partial charge in [0.05, 0.1) is 17.4 Å². The third kappa shape index (κ3) is 2.85. The Labute approximate surface area is 123 Å². The maximum Gasteiger partial charge on any atom is 0.145 e. The molecule has 2 heterocycles. The average Bonchev–Trinajstić information content (AvgIpc) is 2.55. The molecule has 106 valence electrons. The number of fused-ring (bicyclic) bond motifs is 1. The predicted molar refractivity (Wildman–Crippen MR) is 83.3 cm³/mol. The van der Waals surface area contributed by atoms with Gasteiger partial charge in [-0.05, 0) is 42.8 Å². The summed E-state index contributed by atoms with van der Waals surface area (Å²) in [6.07, 6.45) is 4.34. The van der Waals surface area contributed by atoms with Gasteiger partial charge in [0.15, 0.2) is 0 Å². The normalized spacial score (nSPS) is 12.3. The van der Waals surface area contributed by atoms with E-state index < -0.39 is 0 Å². The summed E-state index contributed by atoms with van der Waals surface area (Å²) in [5, 5.41) is 0.981. The van der Waals surface area contributed by atoms with E-state index in [4.69, 9.17) is 10.5 Å². The first-order valence-electron chi connectivity index (χ1n) is 7.01. The minimum absolute atomic E-state index is 0.0270. The van der Waals surface area contributed by atoms with Crippen LogP contribution in [0.2, 0.25) is 0 Å². The SMILES string of the molecule is CC[C@H](N)c1ccc(Oc2cccc3ncccc23)cn1. The quantitative estimate of drug-likeness (QED) is 0.788. The molecular formula is C17H17N3O. The van der Waals surface area contributed by atoms with E-state index in [1.807, 2.05) is 49.4 Å². The third-order valence-corrected chi connectivity index (χ3v) is 3.41. The van der Waals surface area contributed by atoms with Crippen LogP contribution >= 0.6 is 0 Å². The molecule has 0 aliphatic carbocycles. The molecule has 4 nitrogen and oxygen atoms in total. The Morgan fingerprint density at radius 3 is 2.76 bits per heavy atom. The Bertz CT molecular complexity index is 735. The Hall–Kier alpha value is -2.46. The summed E-state index contributed by atoms with van der Waals surface area (Å²) in [6.45, 7) is 2.04. The molecule has 0 amide bonds. The van der Waals surface area contributed by atoms with Crippen molar-refractivity contribution in [2.45, 2.75) is 19.4 Å². The molecule has 0 unspecified atom stereocenters. The molecule has 0 spiro atoms. The first-order chi connectivity index (χ1) is 10.3. The number of pyridine rings is 2. The van der Waals surface area contributed by atoms with Gasteiger partial charge in [-0.25, -0.2) is 0 Å². The van der Waals surface area contributed by atoms with Crippen LogP contribution in [-0.2, 0) is 0 Å². The molecule has 0 fully saturated rings. The zero-order chi connectivity index (χ0) is 14.7. The van der Waals surface area contributed by atoms with Gasteiger partial charge in [-0.1, -0.05) is 13.0 Å². The van der Waals surface area contributed by atoms with Gasteiger partial charge in [0.2, 0.25) is 0 Å². The number of nitrogens with zero attached hydrogens (tertiary/aromatic N) is 2. The summed E-state index contributed by atoms with van der Waals surface area (Å²) in [5.74, 6) is 1.47. The van der Waals surface area contributed by atoms with Crippen LogP contribution in [0, 0.1) is 0 Å². The molecule has 0 aliphatic rings. The first kappa shape index (κ1) is 13.5. The summed E-state index contributed by atoms with van der Waals surface area (Å²) >= 11 is 0. The van der Waals surface area contributed by atoms with Crippen molar-refractivity contribution in [2.24, 2.45) is 5.73 Å². The number of nitrogens with two attached hydrogens (primary N) is 1. The van der Waals surface area contributed by atoms with E-state index in [0.717, 1.165) is 28.8 Å². The Kier molecular flexibility index (Phi) is 3.79. The van der Waals surface area contributed by atoms with Gasteiger partial charge in [0.1, 0.15) is 11.5 Å². The largest absolute Gasteiger partial charge is 0.455 e. The Balaban J connectivity index is 1.88. The lowest BCUT2D eigenvalue weighted by Gasteiger charge is -2.11. The zero-order valence-electron chi connectivity index (χ0n) is 11.9. The molecule has 0 aliphatic heterocycles. The second-order valence-corrected chi connectivity index (χ2v) is 4.86. The second kappa shape index (κ2) is 5.89. The van der Waals surface area contributed by atoms with Crippen molar-refractivity contribution in [3.63, 3.8) is 0 Å². The number of hydrogen-bond acceptors (Lipinski definition) is 4. The fourth-order valence-corrected chi connectivity index (χ4v) is 2.17. The van der Waals surface area contributed by atoms with E-state index in [9.17, 15) is 0 Å². The van der Waals surface area contributed by atoms with E-state index in [-0.39, 0.29) is 6.04 Å². The van der Waals surface area contributed by atoms with Crippen LogP contribution in [0.4, 0.5) is 0 Å². The predicted octanol–water partition coefficient (Wildman–Crippen LogP) is 3.83. The molecule has 3 rings (SSSR count). The van der Waals surface area contributed by atoms with Gasteiger partial charge in [-0.2, -0.15) is 0 Å². The van der Waals surface area contributed by atoms with E-state index in [1.165, 1.54) is 0 Å². The fraction of sp³-hybridized carbons (Fsp3) is 0.176. The molecule has 3 aromatic rings. The summed E-state index contributed by atoms with van der Waals surface area (Å²) in [4.78, 5) is 8.68. The van der Waals surface area contributed by atoms with Gasteiger partial charge < -0.3 is 10.5 Å². The van der Waals surface area contributed by atoms with Gasteiger partial charge in [-0.3, -0.25) is 9.97 Å². The molecule has 1 aromatic carbocycles. The van der Waals surface area contributed by atoms with E-state index >= 15 is 0 Å². The molecule has 0 bridgehead atoms. The molecule has 4 heteroatoms. The summed E-state index contributed by atoms with van der Waals surface area (Å²) in [6, 6.07) is 13.5. The highest BCUT2D eigenvalue weighted by Crippen LogP contribution is 2.28. The van der Waals surface area contributed by atoms with Crippen LogP contribution in [0.5, 0.6) is 11.5 Å². The summed E-state index contributed by atoms with van der Waals surface area (Å²) in [5.41, 5.74) is 7.75. The standard InChI is InChI=1S/C17H17N3O/c1-2-14(18)16-9-8-12(11-20-16)21-17-7-3-6-15-13(17)5-4-10-19-15/h3-11,14H,2,18H2,1H3/t14-/m0/s1. The lowest BCUT2D eigenvalue weighted by Crippen LogP contribution is -2.10. The topological polar surface area (TPSA) is 61.0 Å². The number of rotatable bonds is 4. The van der Waals surface area contributed by atoms with Gasteiger partial charge in [0, 0.05) is 17.6 Å². The second-order valence-electron chi connectivity index (χ2n) is 4.86. The smallest absolute Gasteiger partial charge is 0.145 e. The minimum atomic E-state index is -0.0270. The van der Waals surface area contributed by atoms with Crippen LogP contribution in [-0.4, -0.2) is 9.97 Å². The van der Waals surface area contributed by atoms with Crippen molar-refractivity contribution in [1.82, 2.24) is 9.97 Å². The molecule has 0 saturated carbocycles. The monoisotopic (exact) mass is 279 g/mol. The van der Waals surface area contributed by atoms with Crippen LogP contribution in [0.3, 0.4) is 0 Å². The lowest BCUT2D eigenvalue weighted by atomic mass is 10.1. The van der Waals surface area contributed by atoms with Crippen molar-refractivity contribution in [3.05, 3.63) is 60.6 Å². The summed E-state index contributed by atoms with van der Waals surface area (Å²) in [7, 11) is 0. The molecule has 1 atom stereocenters. The van der Waals surface area contributed by atoms with E-state index in [0.29, 0.717) is 5.75 Å². The molecule has 0 saturated heterocycles. The Morgan fingerprint density at radius 1 is 1.10 bits per heavy atom. The average molecular weight is 279 g/mol. The molecule has 0 radical (unpaired) electrons. The number of hydrogen-bond donors (Lipinski definition) is 1. The van der Waals surface area contributed by atoms with Crippen LogP contribution in [0.25, 0.3) is 10.9 Å². The highest BCUT2D eigenvalue weighted by Gasteiger charge is 2.07. The maximum atomic E-state index is 5.96.